The van der Waals surface area contributed by atoms with Crippen molar-refractivity contribution in [2.75, 3.05) is 5.75 Å². The van der Waals surface area contributed by atoms with Gasteiger partial charge in [-0.2, -0.15) is 5.10 Å². The quantitative estimate of drug-likeness (QED) is 0.378. The van der Waals surface area contributed by atoms with E-state index in [0.717, 1.165) is 22.3 Å². The molecule has 0 saturated carbocycles. The van der Waals surface area contributed by atoms with Crippen LogP contribution in [0, 0.1) is 6.92 Å². The molecular weight excluding hydrogens is 444 g/mol. The van der Waals surface area contributed by atoms with Crippen LogP contribution in [0.1, 0.15) is 11.1 Å². The zero-order valence-corrected chi connectivity index (χ0v) is 18.8. The molecule has 9 heteroatoms. The van der Waals surface area contributed by atoms with Gasteiger partial charge in [0.05, 0.1) is 11.4 Å². The zero-order valence-electron chi connectivity index (χ0n) is 17.2. The Morgan fingerprint density at radius 1 is 1.06 bits per heavy atom. The highest BCUT2D eigenvalue weighted by Gasteiger charge is 2.14. The van der Waals surface area contributed by atoms with Crippen molar-refractivity contribution in [3.63, 3.8) is 0 Å². The molecule has 0 fully saturated rings. The van der Waals surface area contributed by atoms with Gasteiger partial charge in [-0.05, 0) is 30.7 Å². The summed E-state index contributed by atoms with van der Waals surface area (Å²) in [6, 6.07) is 17.7. The average molecular weight is 463 g/mol. The number of hydrogen-bond acceptors (Lipinski definition) is 5. The van der Waals surface area contributed by atoms with Crippen molar-refractivity contribution in [2.45, 2.75) is 18.6 Å². The summed E-state index contributed by atoms with van der Waals surface area (Å²) >= 11 is 7.23. The molecule has 0 aliphatic carbocycles. The Kier molecular flexibility index (Phi) is 5.55. The first-order chi connectivity index (χ1) is 15.6. The largest absolute Gasteiger partial charge is 0.351 e. The summed E-state index contributed by atoms with van der Waals surface area (Å²) in [5, 5.41) is 17.5. The smallest absolute Gasteiger partial charge is 0.230 e. The molecule has 0 bridgehead atoms. The Hall–Kier alpha value is -3.36. The van der Waals surface area contributed by atoms with Gasteiger partial charge in [0.1, 0.15) is 5.52 Å². The maximum Gasteiger partial charge on any atom is 0.230 e. The fourth-order valence-electron chi connectivity index (χ4n) is 3.34. The van der Waals surface area contributed by atoms with Crippen LogP contribution < -0.4 is 5.32 Å². The van der Waals surface area contributed by atoms with E-state index in [4.69, 9.17) is 11.6 Å². The molecule has 5 aromatic rings. The molecule has 32 heavy (non-hydrogen) atoms. The second-order valence-corrected chi connectivity index (χ2v) is 8.77. The summed E-state index contributed by atoms with van der Waals surface area (Å²) in [5.74, 6) is 0.168. The molecule has 2 aromatic carbocycles. The van der Waals surface area contributed by atoms with E-state index in [1.165, 1.54) is 17.3 Å². The molecule has 1 N–H and O–H groups in total. The number of carbonyl (C=O) groups is 1. The Balaban J connectivity index is 1.30. The third-order valence-corrected chi connectivity index (χ3v) is 6.26. The van der Waals surface area contributed by atoms with E-state index in [2.05, 4.69) is 51.8 Å². The van der Waals surface area contributed by atoms with Gasteiger partial charge in [-0.25, -0.2) is 4.52 Å². The number of halogens is 1. The summed E-state index contributed by atoms with van der Waals surface area (Å²) < 4.78 is 3.68. The topological polar surface area (TPSA) is 76.6 Å². The first-order valence-corrected chi connectivity index (χ1v) is 11.4. The Morgan fingerprint density at radius 2 is 1.84 bits per heavy atom. The van der Waals surface area contributed by atoms with E-state index in [1.807, 2.05) is 47.1 Å². The third kappa shape index (κ3) is 4.19. The molecule has 3 aromatic heterocycles. The minimum atomic E-state index is -0.0752. The second-order valence-electron chi connectivity index (χ2n) is 7.39. The SMILES string of the molecule is Cc1ccc(-c2cc3c4nnc(SCC(=O)NCc5ccc(Cl)cc5)n4ccn3n2)cc1. The fraction of sp³-hybridized carbons (Fsp3) is 0.130. The number of aromatic nitrogens is 5. The molecule has 160 valence electrons. The van der Waals surface area contributed by atoms with Crippen molar-refractivity contribution >= 4 is 40.4 Å². The van der Waals surface area contributed by atoms with Crippen molar-refractivity contribution in [3.05, 3.63) is 83.1 Å². The van der Waals surface area contributed by atoms with Crippen LogP contribution in [0.15, 0.2) is 72.1 Å². The molecule has 7 nitrogen and oxygen atoms in total. The normalized spacial score (nSPS) is 11.3. The zero-order chi connectivity index (χ0) is 22.1. The molecule has 1 amide bonds. The first-order valence-electron chi connectivity index (χ1n) is 10.0. The minimum Gasteiger partial charge on any atom is -0.351 e. The van der Waals surface area contributed by atoms with E-state index >= 15 is 0 Å². The van der Waals surface area contributed by atoms with Crippen molar-refractivity contribution in [1.29, 1.82) is 0 Å². The highest BCUT2D eigenvalue weighted by atomic mass is 35.5. The van der Waals surface area contributed by atoms with Gasteiger partial charge in [-0.1, -0.05) is 65.3 Å². The van der Waals surface area contributed by atoms with Crippen LogP contribution in [-0.4, -0.2) is 35.9 Å². The molecule has 3 heterocycles. The number of rotatable bonds is 6. The lowest BCUT2D eigenvalue weighted by atomic mass is 10.1. The van der Waals surface area contributed by atoms with Gasteiger partial charge in [0.25, 0.3) is 0 Å². The van der Waals surface area contributed by atoms with Crippen LogP contribution in [0.25, 0.3) is 22.4 Å². The number of hydrogen-bond donors (Lipinski definition) is 1. The molecule has 0 spiro atoms. The number of amides is 1. The summed E-state index contributed by atoms with van der Waals surface area (Å²) in [4.78, 5) is 12.3. The van der Waals surface area contributed by atoms with Crippen molar-refractivity contribution < 1.29 is 4.79 Å². The van der Waals surface area contributed by atoms with Gasteiger partial charge in [-0.3, -0.25) is 9.20 Å². The average Bonchev–Trinajstić information content (AvgIpc) is 3.41. The van der Waals surface area contributed by atoms with Crippen LogP contribution in [0.4, 0.5) is 0 Å². The maximum atomic E-state index is 12.3. The number of fused-ring (bicyclic) bond motifs is 3. The highest BCUT2D eigenvalue weighted by molar-refractivity contribution is 7.99. The Labute approximate surface area is 193 Å². The summed E-state index contributed by atoms with van der Waals surface area (Å²) in [7, 11) is 0. The van der Waals surface area contributed by atoms with E-state index < -0.39 is 0 Å². The van der Waals surface area contributed by atoms with Crippen molar-refractivity contribution in [1.82, 2.24) is 29.5 Å². The summed E-state index contributed by atoms with van der Waals surface area (Å²) in [6.45, 7) is 2.51. The van der Waals surface area contributed by atoms with Gasteiger partial charge in [-0.15, -0.1) is 10.2 Å². The molecule has 0 radical (unpaired) electrons. The number of aryl methyl sites for hydroxylation is 1. The highest BCUT2D eigenvalue weighted by Crippen LogP contribution is 2.24. The second kappa shape index (κ2) is 8.64. The number of benzene rings is 2. The summed E-state index contributed by atoms with van der Waals surface area (Å²) in [6.07, 6.45) is 3.73. The van der Waals surface area contributed by atoms with Gasteiger partial charge in [0, 0.05) is 29.5 Å². The van der Waals surface area contributed by atoms with Crippen LogP contribution in [0.5, 0.6) is 0 Å². The molecular formula is C23H19ClN6OS. The van der Waals surface area contributed by atoms with Gasteiger partial charge in [0.15, 0.2) is 10.8 Å². The van der Waals surface area contributed by atoms with Crippen LogP contribution >= 0.6 is 23.4 Å². The monoisotopic (exact) mass is 462 g/mol. The van der Waals surface area contributed by atoms with Crippen LogP contribution in [0.3, 0.4) is 0 Å². The van der Waals surface area contributed by atoms with Crippen LogP contribution in [0.2, 0.25) is 5.02 Å². The maximum absolute atomic E-state index is 12.3. The first kappa shape index (κ1) is 20.5. The van der Waals surface area contributed by atoms with E-state index in [9.17, 15) is 4.79 Å². The number of carbonyl (C=O) groups excluding carboxylic acids is 1. The number of thioether (sulfide) groups is 1. The summed E-state index contributed by atoms with van der Waals surface area (Å²) in [5.41, 5.74) is 5.67. The van der Waals surface area contributed by atoms with Crippen molar-refractivity contribution in [2.24, 2.45) is 0 Å². The molecule has 0 atom stereocenters. The third-order valence-electron chi connectivity index (χ3n) is 5.07. The lowest BCUT2D eigenvalue weighted by Crippen LogP contribution is -2.24. The predicted molar refractivity (Wildman–Crippen MR) is 126 cm³/mol. The predicted octanol–water partition coefficient (Wildman–Crippen LogP) is 4.41. The standard InChI is InChI=1S/C23H19ClN6OS/c1-15-2-6-17(7-3-15)19-12-20-22-26-27-23(29(22)10-11-30(20)28-19)32-14-21(31)25-13-16-4-8-18(24)9-5-16/h2-12H,13-14H2,1H3,(H,25,31). The lowest BCUT2D eigenvalue weighted by Gasteiger charge is -2.05. The van der Waals surface area contributed by atoms with Gasteiger partial charge in [0.2, 0.25) is 5.91 Å². The van der Waals surface area contributed by atoms with Crippen LogP contribution in [-0.2, 0) is 11.3 Å². The number of nitrogens with one attached hydrogen (secondary N) is 1. The number of nitrogens with zero attached hydrogens (tertiary/aromatic N) is 5. The Bertz CT molecular complexity index is 1410. The van der Waals surface area contributed by atoms with E-state index in [-0.39, 0.29) is 11.7 Å². The fourth-order valence-corrected chi connectivity index (χ4v) is 4.21. The molecule has 0 aliphatic heterocycles. The lowest BCUT2D eigenvalue weighted by molar-refractivity contribution is -0.118. The molecule has 5 rings (SSSR count). The van der Waals surface area contributed by atoms with Gasteiger partial charge < -0.3 is 5.32 Å². The van der Waals surface area contributed by atoms with E-state index in [1.54, 1.807) is 4.52 Å². The molecule has 0 aliphatic rings. The van der Waals surface area contributed by atoms with Crippen molar-refractivity contribution in [3.8, 4) is 11.3 Å². The minimum absolute atomic E-state index is 0.0752. The Morgan fingerprint density at radius 3 is 2.62 bits per heavy atom. The van der Waals surface area contributed by atoms with Gasteiger partial charge >= 0.3 is 0 Å². The van der Waals surface area contributed by atoms with E-state index in [0.29, 0.717) is 22.4 Å². The molecule has 0 saturated heterocycles. The molecule has 0 unspecified atom stereocenters.